The summed E-state index contributed by atoms with van der Waals surface area (Å²) < 4.78 is 12.7. The second-order valence-corrected chi connectivity index (χ2v) is 4.82. The number of carbonyl (C=O) groups is 2. The zero-order valence-electron chi connectivity index (χ0n) is 11.0. The summed E-state index contributed by atoms with van der Waals surface area (Å²) in [4.78, 5) is 24.3. The van der Waals surface area contributed by atoms with Gasteiger partial charge in [-0.2, -0.15) is 0 Å². The predicted molar refractivity (Wildman–Crippen MR) is 72.4 cm³/mol. The fourth-order valence-corrected chi connectivity index (χ4v) is 2.19. The number of carbonyl (C=O) groups excluding carboxylic acids is 1. The number of likely N-dealkylation sites (tertiary alicyclic amines) is 1. The van der Waals surface area contributed by atoms with Crippen molar-refractivity contribution in [2.75, 3.05) is 13.1 Å². The quantitative estimate of drug-likeness (QED) is 0.917. The van der Waals surface area contributed by atoms with Gasteiger partial charge in [-0.3, -0.25) is 9.59 Å². The van der Waals surface area contributed by atoms with E-state index in [1.54, 1.807) is 29.2 Å². The van der Waals surface area contributed by atoms with Gasteiger partial charge in [-0.15, -0.1) is 0 Å². The van der Waals surface area contributed by atoms with Crippen molar-refractivity contribution in [2.24, 2.45) is 5.92 Å². The third kappa shape index (κ3) is 3.66. The summed E-state index contributed by atoms with van der Waals surface area (Å²) in [5.41, 5.74) is 0.823. The van der Waals surface area contributed by atoms with E-state index in [-0.39, 0.29) is 18.1 Å². The molecule has 0 spiro atoms. The van der Waals surface area contributed by atoms with E-state index in [1.165, 1.54) is 12.1 Å². The molecule has 1 unspecified atom stereocenters. The Morgan fingerprint density at radius 3 is 2.65 bits per heavy atom. The van der Waals surface area contributed by atoms with Gasteiger partial charge in [0.25, 0.3) is 0 Å². The van der Waals surface area contributed by atoms with Crippen LogP contribution in [0, 0.1) is 11.7 Å². The second kappa shape index (κ2) is 6.32. The molecular formula is C15H16FNO3. The maximum atomic E-state index is 12.7. The molecule has 2 rings (SSSR count). The molecule has 1 amide bonds. The van der Waals surface area contributed by atoms with E-state index in [2.05, 4.69) is 0 Å². The van der Waals surface area contributed by atoms with Crippen molar-refractivity contribution in [3.63, 3.8) is 0 Å². The molecule has 0 saturated carbocycles. The summed E-state index contributed by atoms with van der Waals surface area (Å²) in [6.07, 6.45) is 4.21. The lowest BCUT2D eigenvalue weighted by molar-refractivity contribution is -0.141. The van der Waals surface area contributed by atoms with Crippen molar-refractivity contribution < 1.29 is 19.1 Å². The molecule has 106 valence electrons. The van der Waals surface area contributed by atoms with E-state index in [0.717, 1.165) is 5.56 Å². The van der Waals surface area contributed by atoms with Crippen molar-refractivity contribution in [1.29, 1.82) is 0 Å². The standard InChI is InChI=1S/C15H16FNO3/c16-13-6-4-11(5-7-13)2-1-3-14(18)17-9-8-12(10-17)15(19)20/h1-2,4-7,12H,3,8-10H2,(H,19,20)/b2-1+. The van der Waals surface area contributed by atoms with Crippen LogP contribution >= 0.6 is 0 Å². The topological polar surface area (TPSA) is 57.6 Å². The largest absolute Gasteiger partial charge is 0.481 e. The van der Waals surface area contributed by atoms with Gasteiger partial charge in [-0.05, 0) is 24.1 Å². The Balaban J connectivity index is 1.83. The molecule has 1 heterocycles. The number of amides is 1. The molecule has 1 fully saturated rings. The molecule has 0 aromatic heterocycles. The van der Waals surface area contributed by atoms with E-state index < -0.39 is 11.9 Å². The highest BCUT2D eigenvalue weighted by atomic mass is 19.1. The van der Waals surface area contributed by atoms with Crippen LogP contribution in [0.1, 0.15) is 18.4 Å². The van der Waals surface area contributed by atoms with Crippen LogP contribution in [0.3, 0.4) is 0 Å². The molecule has 1 aromatic carbocycles. The summed E-state index contributed by atoms with van der Waals surface area (Å²) in [5.74, 6) is -1.66. The van der Waals surface area contributed by atoms with Crippen molar-refractivity contribution in [3.05, 3.63) is 41.7 Å². The Kier molecular flexibility index (Phi) is 4.50. The van der Waals surface area contributed by atoms with Gasteiger partial charge in [0.2, 0.25) is 5.91 Å². The zero-order valence-corrected chi connectivity index (χ0v) is 11.0. The number of halogens is 1. The van der Waals surface area contributed by atoms with Gasteiger partial charge in [0.15, 0.2) is 0 Å². The fourth-order valence-electron chi connectivity index (χ4n) is 2.19. The molecule has 5 heteroatoms. The van der Waals surface area contributed by atoms with Gasteiger partial charge in [0.05, 0.1) is 5.92 Å². The third-order valence-electron chi connectivity index (χ3n) is 3.36. The second-order valence-electron chi connectivity index (χ2n) is 4.82. The molecule has 1 aliphatic rings. The van der Waals surface area contributed by atoms with E-state index >= 15 is 0 Å². The molecular weight excluding hydrogens is 261 g/mol. The molecule has 1 aromatic rings. The molecule has 0 radical (unpaired) electrons. The van der Waals surface area contributed by atoms with Crippen molar-refractivity contribution in [2.45, 2.75) is 12.8 Å². The summed E-state index contributed by atoms with van der Waals surface area (Å²) in [7, 11) is 0. The van der Waals surface area contributed by atoms with E-state index in [9.17, 15) is 14.0 Å². The Bertz CT molecular complexity index is 524. The van der Waals surface area contributed by atoms with Crippen LogP contribution in [0.25, 0.3) is 6.08 Å². The van der Waals surface area contributed by atoms with Crippen molar-refractivity contribution in [3.8, 4) is 0 Å². The monoisotopic (exact) mass is 277 g/mol. The highest BCUT2D eigenvalue weighted by Crippen LogP contribution is 2.17. The van der Waals surface area contributed by atoms with Crippen LogP contribution < -0.4 is 0 Å². The van der Waals surface area contributed by atoms with Gasteiger partial charge in [-0.25, -0.2) is 4.39 Å². The van der Waals surface area contributed by atoms with Crippen LogP contribution in [0.4, 0.5) is 4.39 Å². The lowest BCUT2D eigenvalue weighted by atomic mass is 10.1. The number of nitrogens with zero attached hydrogens (tertiary/aromatic N) is 1. The van der Waals surface area contributed by atoms with E-state index in [0.29, 0.717) is 19.5 Å². The molecule has 1 aliphatic heterocycles. The summed E-state index contributed by atoms with van der Waals surface area (Å²) in [6, 6.07) is 5.98. The molecule has 4 nitrogen and oxygen atoms in total. The van der Waals surface area contributed by atoms with Crippen molar-refractivity contribution >= 4 is 18.0 Å². The zero-order chi connectivity index (χ0) is 14.5. The maximum Gasteiger partial charge on any atom is 0.308 e. The van der Waals surface area contributed by atoms with Gasteiger partial charge in [0.1, 0.15) is 5.82 Å². The SMILES string of the molecule is O=C(O)C1CCN(C(=O)C/C=C/c2ccc(F)cc2)C1. The normalized spacial score (nSPS) is 18.6. The number of hydrogen-bond donors (Lipinski definition) is 1. The highest BCUT2D eigenvalue weighted by molar-refractivity contribution is 5.80. The predicted octanol–water partition coefficient (Wildman–Crippen LogP) is 2.16. The third-order valence-corrected chi connectivity index (χ3v) is 3.36. The first-order valence-corrected chi connectivity index (χ1v) is 6.49. The maximum absolute atomic E-state index is 12.7. The number of aliphatic carboxylic acids is 1. The van der Waals surface area contributed by atoms with Crippen LogP contribution in [0.15, 0.2) is 30.3 Å². The van der Waals surface area contributed by atoms with Crippen molar-refractivity contribution in [1.82, 2.24) is 4.90 Å². The minimum absolute atomic E-state index is 0.0767. The summed E-state index contributed by atoms with van der Waals surface area (Å²) in [6.45, 7) is 0.790. The van der Waals surface area contributed by atoms with Crippen LogP contribution in [0.2, 0.25) is 0 Å². The number of carboxylic acids is 1. The first-order chi connectivity index (χ1) is 9.56. The molecule has 0 bridgehead atoms. The van der Waals surface area contributed by atoms with Crippen LogP contribution in [0.5, 0.6) is 0 Å². The van der Waals surface area contributed by atoms with Crippen LogP contribution in [-0.2, 0) is 9.59 Å². The molecule has 1 saturated heterocycles. The lowest BCUT2D eigenvalue weighted by Crippen LogP contribution is -2.29. The Labute approximate surface area is 116 Å². The molecule has 0 aliphatic carbocycles. The Hall–Kier alpha value is -2.17. The first kappa shape index (κ1) is 14.2. The minimum atomic E-state index is -0.845. The Morgan fingerprint density at radius 2 is 2.05 bits per heavy atom. The number of rotatable bonds is 4. The molecule has 1 atom stereocenters. The summed E-state index contributed by atoms with van der Waals surface area (Å²) in [5, 5.41) is 8.88. The smallest absolute Gasteiger partial charge is 0.308 e. The number of carboxylic acid groups (broad SMARTS) is 1. The number of benzene rings is 1. The van der Waals surface area contributed by atoms with E-state index in [4.69, 9.17) is 5.11 Å². The number of hydrogen-bond acceptors (Lipinski definition) is 2. The summed E-state index contributed by atoms with van der Waals surface area (Å²) >= 11 is 0. The average Bonchev–Trinajstić information content (AvgIpc) is 2.91. The average molecular weight is 277 g/mol. The van der Waals surface area contributed by atoms with Gasteiger partial charge < -0.3 is 10.0 Å². The minimum Gasteiger partial charge on any atom is -0.481 e. The first-order valence-electron chi connectivity index (χ1n) is 6.49. The van der Waals surface area contributed by atoms with Crippen LogP contribution in [-0.4, -0.2) is 35.0 Å². The van der Waals surface area contributed by atoms with E-state index in [1.807, 2.05) is 0 Å². The fraction of sp³-hybridized carbons (Fsp3) is 0.333. The molecule has 1 N–H and O–H groups in total. The van der Waals surface area contributed by atoms with Gasteiger partial charge >= 0.3 is 5.97 Å². The van der Waals surface area contributed by atoms with Gasteiger partial charge in [-0.1, -0.05) is 24.3 Å². The lowest BCUT2D eigenvalue weighted by Gasteiger charge is -2.14. The highest BCUT2D eigenvalue weighted by Gasteiger charge is 2.30. The Morgan fingerprint density at radius 1 is 1.35 bits per heavy atom. The molecule has 20 heavy (non-hydrogen) atoms. The van der Waals surface area contributed by atoms with Gasteiger partial charge in [0, 0.05) is 19.5 Å².